The summed E-state index contributed by atoms with van der Waals surface area (Å²) in [7, 11) is -8.71. The Morgan fingerprint density at radius 3 is 2.00 bits per heavy atom. The van der Waals surface area contributed by atoms with Gasteiger partial charge in [0.25, 0.3) is 10.1 Å². The second-order valence-corrected chi connectivity index (χ2v) is 14.7. The normalized spacial score (nSPS) is 19.4. The summed E-state index contributed by atoms with van der Waals surface area (Å²) in [5.74, 6) is 0.509. The van der Waals surface area contributed by atoms with E-state index >= 15 is 0 Å². The SMILES string of the molecule is O=S(=O)(O)c1ccc(OS(=O)(=O)c2c(C3CCCC3)cc3ccccc3c2C2CCCC2)c2c1CCCCCC2. The van der Waals surface area contributed by atoms with Gasteiger partial charge in [0.1, 0.15) is 10.6 Å². The number of hydrogen-bond acceptors (Lipinski definition) is 5. The zero-order valence-corrected chi connectivity index (χ0v) is 24.5. The van der Waals surface area contributed by atoms with Crippen LogP contribution in [0.3, 0.4) is 0 Å². The number of hydrogen-bond donors (Lipinski definition) is 1. The maximum atomic E-state index is 14.5. The number of fused-ring (bicyclic) bond motifs is 2. The van der Waals surface area contributed by atoms with Gasteiger partial charge in [-0.15, -0.1) is 0 Å². The van der Waals surface area contributed by atoms with Crippen LogP contribution in [0.1, 0.15) is 111 Å². The van der Waals surface area contributed by atoms with Crippen LogP contribution in [-0.4, -0.2) is 21.4 Å². The highest BCUT2D eigenvalue weighted by Crippen LogP contribution is 2.47. The van der Waals surface area contributed by atoms with Crippen LogP contribution in [-0.2, 0) is 33.1 Å². The summed E-state index contributed by atoms with van der Waals surface area (Å²) in [6.07, 6.45) is 12.6. The Balaban J connectivity index is 1.55. The Hall–Kier alpha value is -2.42. The predicted molar refractivity (Wildman–Crippen MR) is 156 cm³/mol. The van der Waals surface area contributed by atoms with E-state index in [1.165, 1.54) is 12.1 Å². The van der Waals surface area contributed by atoms with Crippen LogP contribution >= 0.6 is 0 Å². The van der Waals surface area contributed by atoms with Crippen molar-refractivity contribution in [3.63, 3.8) is 0 Å². The fourth-order valence-electron chi connectivity index (χ4n) is 7.45. The highest BCUT2D eigenvalue weighted by molar-refractivity contribution is 7.87. The van der Waals surface area contributed by atoms with Crippen molar-refractivity contribution in [2.75, 3.05) is 0 Å². The van der Waals surface area contributed by atoms with Crippen molar-refractivity contribution < 1.29 is 25.6 Å². The van der Waals surface area contributed by atoms with Gasteiger partial charge in [-0.2, -0.15) is 16.8 Å². The van der Waals surface area contributed by atoms with Crippen LogP contribution in [0.2, 0.25) is 0 Å². The summed E-state index contributed by atoms with van der Waals surface area (Å²) in [6, 6.07) is 12.9. The van der Waals surface area contributed by atoms with Crippen molar-refractivity contribution in [3.8, 4) is 5.75 Å². The molecule has 0 aromatic heterocycles. The average Bonchev–Trinajstić information content (AvgIpc) is 3.62. The van der Waals surface area contributed by atoms with Gasteiger partial charge in [0, 0.05) is 5.56 Å². The molecule has 1 N–H and O–H groups in total. The number of benzene rings is 3. The summed E-state index contributed by atoms with van der Waals surface area (Å²) in [4.78, 5) is 0.196. The molecule has 214 valence electrons. The highest BCUT2D eigenvalue weighted by Gasteiger charge is 2.36. The summed E-state index contributed by atoms with van der Waals surface area (Å²) < 4.78 is 69.5. The van der Waals surface area contributed by atoms with Crippen molar-refractivity contribution in [1.29, 1.82) is 0 Å². The Morgan fingerprint density at radius 2 is 1.32 bits per heavy atom. The van der Waals surface area contributed by atoms with Crippen LogP contribution in [0.4, 0.5) is 0 Å². The van der Waals surface area contributed by atoms with Crippen LogP contribution in [0.5, 0.6) is 5.75 Å². The Kier molecular flexibility index (Phi) is 7.70. The van der Waals surface area contributed by atoms with Crippen LogP contribution in [0.25, 0.3) is 10.8 Å². The lowest BCUT2D eigenvalue weighted by molar-refractivity contribution is 0.472. The molecule has 40 heavy (non-hydrogen) atoms. The second-order valence-electron chi connectivity index (χ2n) is 11.8. The van der Waals surface area contributed by atoms with Gasteiger partial charge in [0.15, 0.2) is 0 Å². The maximum absolute atomic E-state index is 14.5. The molecule has 3 aromatic rings. The average molecular weight is 583 g/mol. The fourth-order valence-corrected chi connectivity index (χ4v) is 9.77. The molecule has 0 spiro atoms. The van der Waals surface area contributed by atoms with Crippen LogP contribution < -0.4 is 4.18 Å². The standard InChI is InChI=1S/C32H38O6S2/c33-39(34,35)30-20-19-29(26-17-3-1-2-4-18-27(26)30)38-40(36,37)32-28(22-11-5-6-12-22)21-24-15-9-10-16-25(24)31(32)23-13-7-8-14-23/h9-10,15-16,19-23H,1-8,11-14,17-18H2,(H,33,34,35). The van der Waals surface area contributed by atoms with Gasteiger partial charge in [-0.1, -0.05) is 62.8 Å². The van der Waals surface area contributed by atoms with Gasteiger partial charge >= 0.3 is 10.1 Å². The lowest BCUT2D eigenvalue weighted by Gasteiger charge is -2.25. The maximum Gasteiger partial charge on any atom is 0.339 e. The van der Waals surface area contributed by atoms with Crippen molar-refractivity contribution in [2.45, 2.75) is 112 Å². The van der Waals surface area contributed by atoms with Gasteiger partial charge in [-0.25, -0.2) is 0 Å². The highest BCUT2D eigenvalue weighted by atomic mass is 32.2. The zero-order valence-electron chi connectivity index (χ0n) is 22.9. The molecule has 0 heterocycles. The third kappa shape index (κ3) is 5.30. The Labute approximate surface area is 238 Å². The molecule has 0 bridgehead atoms. The van der Waals surface area contributed by atoms with E-state index in [0.717, 1.165) is 98.9 Å². The molecule has 0 unspecified atom stereocenters. The van der Waals surface area contributed by atoms with E-state index in [0.29, 0.717) is 28.9 Å². The van der Waals surface area contributed by atoms with Gasteiger partial charge in [-0.05, 0) is 109 Å². The lowest BCUT2D eigenvalue weighted by Crippen LogP contribution is -2.19. The minimum Gasteiger partial charge on any atom is -0.379 e. The molecule has 0 atom stereocenters. The van der Waals surface area contributed by atoms with E-state index in [9.17, 15) is 21.4 Å². The second kappa shape index (κ2) is 11.1. The molecule has 6 rings (SSSR count). The molecular formula is C32H38O6S2. The molecular weight excluding hydrogens is 544 g/mol. The summed E-state index contributed by atoms with van der Waals surface area (Å²) >= 11 is 0. The first-order chi connectivity index (χ1) is 19.2. The topological polar surface area (TPSA) is 97.7 Å². The lowest BCUT2D eigenvalue weighted by atomic mass is 9.86. The first-order valence-corrected chi connectivity index (χ1v) is 17.7. The van der Waals surface area contributed by atoms with Crippen molar-refractivity contribution in [3.05, 3.63) is 64.7 Å². The first-order valence-electron chi connectivity index (χ1n) is 14.9. The minimum atomic E-state index is -4.45. The van der Waals surface area contributed by atoms with Crippen LogP contribution in [0.15, 0.2) is 52.3 Å². The number of rotatable bonds is 6. The molecule has 8 heteroatoms. The molecule has 0 amide bonds. The van der Waals surface area contributed by atoms with E-state index in [4.69, 9.17) is 4.18 Å². The third-order valence-corrected chi connectivity index (χ3v) is 11.6. The molecule has 6 nitrogen and oxygen atoms in total. The largest absolute Gasteiger partial charge is 0.379 e. The van der Waals surface area contributed by atoms with Crippen molar-refractivity contribution in [2.24, 2.45) is 0 Å². The van der Waals surface area contributed by atoms with E-state index in [1.807, 2.05) is 18.2 Å². The van der Waals surface area contributed by atoms with E-state index < -0.39 is 20.2 Å². The first kappa shape index (κ1) is 27.7. The third-order valence-electron chi connectivity index (χ3n) is 9.30. The van der Waals surface area contributed by atoms with Crippen molar-refractivity contribution in [1.82, 2.24) is 0 Å². The molecule has 0 aliphatic heterocycles. The Morgan fingerprint density at radius 1 is 0.700 bits per heavy atom. The van der Waals surface area contributed by atoms with Crippen molar-refractivity contribution >= 4 is 31.0 Å². The van der Waals surface area contributed by atoms with E-state index in [2.05, 4.69) is 12.1 Å². The predicted octanol–water partition coefficient (Wildman–Crippen LogP) is 7.83. The molecule has 0 saturated heterocycles. The monoisotopic (exact) mass is 582 g/mol. The zero-order chi connectivity index (χ0) is 27.9. The van der Waals surface area contributed by atoms with Gasteiger partial charge < -0.3 is 4.18 Å². The summed E-state index contributed by atoms with van der Waals surface area (Å²) in [6.45, 7) is 0. The smallest absolute Gasteiger partial charge is 0.339 e. The summed E-state index contributed by atoms with van der Waals surface area (Å²) in [5, 5.41) is 2.06. The molecule has 2 fully saturated rings. The molecule has 0 radical (unpaired) electrons. The minimum absolute atomic E-state index is 0.141. The molecule has 2 saturated carbocycles. The summed E-state index contributed by atoms with van der Waals surface area (Å²) in [5.41, 5.74) is 2.84. The molecule has 3 aromatic carbocycles. The quantitative estimate of drug-likeness (QED) is 0.235. The molecule has 3 aliphatic rings. The van der Waals surface area contributed by atoms with E-state index in [-0.39, 0.29) is 22.5 Å². The fraction of sp³-hybridized carbons (Fsp3) is 0.500. The van der Waals surface area contributed by atoms with Gasteiger partial charge in [0.2, 0.25) is 0 Å². The van der Waals surface area contributed by atoms with Crippen LogP contribution in [0, 0.1) is 0 Å². The Bertz CT molecular complexity index is 1630. The van der Waals surface area contributed by atoms with E-state index in [1.54, 1.807) is 0 Å². The van der Waals surface area contributed by atoms with Gasteiger partial charge in [0.05, 0.1) is 4.90 Å². The van der Waals surface area contributed by atoms with Gasteiger partial charge in [-0.3, -0.25) is 4.55 Å². The molecule has 3 aliphatic carbocycles.